The van der Waals surface area contributed by atoms with Crippen LogP contribution < -0.4 is 4.74 Å². The highest BCUT2D eigenvalue weighted by Crippen LogP contribution is 2.29. The predicted octanol–water partition coefficient (Wildman–Crippen LogP) is 3.91. The van der Waals surface area contributed by atoms with Gasteiger partial charge in [-0.3, -0.25) is 9.69 Å². The molecule has 1 saturated heterocycles. The highest BCUT2D eigenvalue weighted by atomic mass is 16.5. The first-order chi connectivity index (χ1) is 14.1. The van der Waals surface area contributed by atoms with E-state index in [2.05, 4.69) is 35.4 Å². The highest BCUT2D eigenvalue weighted by Gasteiger charge is 2.24. The van der Waals surface area contributed by atoms with Crippen LogP contribution in [0.5, 0.6) is 5.75 Å². The Bertz CT molecular complexity index is 1000. The van der Waals surface area contributed by atoms with Gasteiger partial charge in [0.05, 0.1) is 25.9 Å². The van der Waals surface area contributed by atoms with Crippen molar-refractivity contribution in [3.05, 3.63) is 65.4 Å². The fraction of sp³-hybridized carbons (Fsp3) is 0.375. The summed E-state index contributed by atoms with van der Waals surface area (Å²) in [6, 6.07) is 15.9. The summed E-state index contributed by atoms with van der Waals surface area (Å²) in [7, 11) is 1.63. The van der Waals surface area contributed by atoms with Crippen molar-refractivity contribution in [2.24, 2.45) is 0 Å². The number of benzene rings is 2. The van der Waals surface area contributed by atoms with Crippen LogP contribution in [0.1, 0.15) is 28.5 Å². The monoisotopic (exact) mass is 392 g/mol. The number of nitrogens with zero attached hydrogens (tertiary/aromatic N) is 2. The zero-order valence-corrected chi connectivity index (χ0v) is 17.4. The van der Waals surface area contributed by atoms with Gasteiger partial charge in [0, 0.05) is 47.8 Å². The quantitative estimate of drug-likeness (QED) is 0.597. The van der Waals surface area contributed by atoms with Crippen molar-refractivity contribution in [3.8, 4) is 5.75 Å². The molecular formula is C24H28N2O3. The zero-order chi connectivity index (χ0) is 20.4. The molecule has 5 heteroatoms. The Morgan fingerprint density at radius 2 is 1.79 bits per heavy atom. The van der Waals surface area contributed by atoms with Crippen molar-refractivity contribution in [1.82, 2.24) is 9.47 Å². The van der Waals surface area contributed by atoms with E-state index in [0.717, 1.165) is 60.8 Å². The second kappa shape index (κ2) is 8.39. The molecule has 152 valence electrons. The van der Waals surface area contributed by atoms with Crippen LogP contribution >= 0.6 is 0 Å². The fourth-order valence-electron chi connectivity index (χ4n) is 4.24. The van der Waals surface area contributed by atoms with Crippen LogP contribution in [0.4, 0.5) is 0 Å². The number of hydrogen-bond acceptors (Lipinski definition) is 4. The number of aromatic nitrogens is 1. The first-order valence-electron chi connectivity index (χ1n) is 10.2. The number of carbonyl (C=O) groups excluding carboxylic acids is 1. The molecule has 1 aliphatic rings. The number of ketones is 1. The van der Waals surface area contributed by atoms with Gasteiger partial charge in [0.15, 0.2) is 5.78 Å². The summed E-state index contributed by atoms with van der Waals surface area (Å²) in [4.78, 5) is 15.9. The number of hydrogen-bond donors (Lipinski definition) is 0. The van der Waals surface area contributed by atoms with Crippen molar-refractivity contribution in [2.75, 3.05) is 33.4 Å². The van der Waals surface area contributed by atoms with Gasteiger partial charge in [-0.15, -0.1) is 0 Å². The van der Waals surface area contributed by atoms with Crippen molar-refractivity contribution < 1.29 is 14.3 Å². The van der Waals surface area contributed by atoms with Gasteiger partial charge in [-0.2, -0.15) is 0 Å². The number of carbonyl (C=O) groups is 1. The molecule has 29 heavy (non-hydrogen) atoms. The summed E-state index contributed by atoms with van der Waals surface area (Å²) in [5, 5.41) is 1.01. The van der Waals surface area contributed by atoms with Crippen LogP contribution in [-0.4, -0.2) is 54.7 Å². The molecule has 3 aromatic rings. The molecule has 0 spiro atoms. The van der Waals surface area contributed by atoms with Gasteiger partial charge in [0.2, 0.25) is 0 Å². The van der Waals surface area contributed by atoms with Crippen molar-refractivity contribution in [2.45, 2.75) is 26.4 Å². The molecule has 2 heterocycles. The number of rotatable bonds is 6. The standard InChI is InChI=1S/C24H28N2O3/c1-17(25-12-14-29-15-13-25)16-26-18(2)23(21-6-4-5-7-22(21)26)24(27)19-8-10-20(28-3)11-9-19/h4-11,17H,12-16H2,1-3H3. The predicted molar refractivity (Wildman–Crippen MR) is 115 cm³/mol. The molecule has 1 aliphatic heterocycles. The third kappa shape index (κ3) is 3.80. The van der Waals surface area contributed by atoms with Gasteiger partial charge in [-0.25, -0.2) is 0 Å². The molecule has 5 nitrogen and oxygen atoms in total. The average molecular weight is 392 g/mol. The normalized spacial score (nSPS) is 16.1. The Hall–Kier alpha value is -2.63. The van der Waals surface area contributed by atoms with Gasteiger partial charge >= 0.3 is 0 Å². The van der Waals surface area contributed by atoms with Crippen molar-refractivity contribution in [3.63, 3.8) is 0 Å². The first-order valence-corrected chi connectivity index (χ1v) is 10.2. The smallest absolute Gasteiger partial charge is 0.195 e. The lowest BCUT2D eigenvalue weighted by Gasteiger charge is -2.33. The molecule has 0 N–H and O–H groups in total. The molecule has 1 fully saturated rings. The van der Waals surface area contributed by atoms with Crippen LogP contribution in [0.3, 0.4) is 0 Å². The van der Waals surface area contributed by atoms with Crippen LogP contribution in [0.15, 0.2) is 48.5 Å². The molecule has 0 aliphatic carbocycles. The molecule has 1 aromatic heterocycles. The largest absolute Gasteiger partial charge is 0.497 e. The van der Waals surface area contributed by atoms with E-state index in [-0.39, 0.29) is 5.78 Å². The first kappa shape index (κ1) is 19.7. The summed E-state index contributed by atoms with van der Waals surface area (Å²) in [6.45, 7) is 8.65. The lowest BCUT2D eigenvalue weighted by Crippen LogP contribution is -2.44. The Kier molecular flexibility index (Phi) is 5.69. The minimum atomic E-state index is 0.0547. The van der Waals surface area contributed by atoms with Crippen LogP contribution in [-0.2, 0) is 11.3 Å². The maximum absolute atomic E-state index is 13.4. The molecule has 2 aromatic carbocycles. The van der Waals surface area contributed by atoms with E-state index in [0.29, 0.717) is 11.6 Å². The average Bonchev–Trinajstić information content (AvgIpc) is 3.05. The molecule has 0 bridgehead atoms. The third-order valence-electron chi connectivity index (χ3n) is 5.93. The van der Waals surface area contributed by atoms with Gasteiger partial charge in [0.25, 0.3) is 0 Å². The summed E-state index contributed by atoms with van der Waals surface area (Å²) < 4.78 is 13.0. The summed E-state index contributed by atoms with van der Waals surface area (Å²) in [5.74, 6) is 0.805. The SMILES string of the molecule is COc1ccc(C(=O)c2c(C)n(CC(C)N3CCOCC3)c3ccccc23)cc1. The fourth-order valence-corrected chi connectivity index (χ4v) is 4.24. The Balaban J connectivity index is 1.71. The summed E-state index contributed by atoms with van der Waals surface area (Å²) in [5.41, 5.74) is 3.60. The zero-order valence-electron chi connectivity index (χ0n) is 17.4. The minimum Gasteiger partial charge on any atom is -0.497 e. The minimum absolute atomic E-state index is 0.0547. The number of fused-ring (bicyclic) bond motifs is 1. The van der Waals surface area contributed by atoms with Gasteiger partial charge in [-0.1, -0.05) is 18.2 Å². The van der Waals surface area contributed by atoms with E-state index in [1.165, 1.54) is 0 Å². The van der Waals surface area contributed by atoms with E-state index in [9.17, 15) is 4.79 Å². The Labute approximate surface area is 171 Å². The highest BCUT2D eigenvalue weighted by molar-refractivity contribution is 6.17. The third-order valence-corrected chi connectivity index (χ3v) is 5.93. The number of morpholine rings is 1. The maximum Gasteiger partial charge on any atom is 0.195 e. The summed E-state index contributed by atoms with van der Waals surface area (Å²) in [6.07, 6.45) is 0. The van der Waals surface area contributed by atoms with Crippen LogP contribution in [0.2, 0.25) is 0 Å². The maximum atomic E-state index is 13.4. The topological polar surface area (TPSA) is 43.7 Å². The van der Waals surface area contributed by atoms with Gasteiger partial charge < -0.3 is 14.0 Å². The van der Waals surface area contributed by atoms with Gasteiger partial charge in [-0.05, 0) is 44.2 Å². The van der Waals surface area contributed by atoms with E-state index >= 15 is 0 Å². The molecule has 0 amide bonds. The molecule has 1 atom stereocenters. The molecule has 1 unspecified atom stereocenters. The molecule has 4 rings (SSSR count). The van der Waals surface area contributed by atoms with E-state index in [4.69, 9.17) is 9.47 Å². The molecular weight excluding hydrogens is 364 g/mol. The Morgan fingerprint density at radius 3 is 2.48 bits per heavy atom. The summed E-state index contributed by atoms with van der Waals surface area (Å²) >= 11 is 0. The second-order valence-electron chi connectivity index (χ2n) is 7.64. The lowest BCUT2D eigenvalue weighted by molar-refractivity contribution is 0.0171. The van der Waals surface area contributed by atoms with Gasteiger partial charge in [0.1, 0.15) is 5.75 Å². The second-order valence-corrected chi connectivity index (χ2v) is 7.64. The van der Waals surface area contributed by atoms with Crippen molar-refractivity contribution in [1.29, 1.82) is 0 Å². The number of para-hydroxylation sites is 1. The van der Waals surface area contributed by atoms with E-state index in [1.54, 1.807) is 7.11 Å². The molecule has 0 radical (unpaired) electrons. The number of ether oxygens (including phenoxy) is 2. The Morgan fingerprint density at radius 1 is 1.10 bits per heavy atom. The van der Waals surface area contributed by atoms with Crippen molar-refractivity contribution >= 4 is 16.7 Å². The number of methoxy groups -OCH3 is 1. The van der Waals surface area contributed by atoms with Crippen LogP contribution in [0.25, 0.3) is 10.9 Å². The van der Waals surface area contributed by atoms with Crippen LogP contribution in [0, 0.1) is 6.92 Å². The lowest BCUT2D eigenvalue weighted by atomic mass is 10.0. The molecule has 0 saturated carbocycles. The van der Waals surface area contributed by atoms with E-state index in [1.807, 2.05) is 36.4 Å². The van der Waals surface area contributed by atoms with E-state index < -0.39 is 0 Å².